The standard InChI is InChI=1S/C14H19N5/c1-10(2)11-5-13(6-11)18-12-3-4-14(16-7-12)19-9-15-8-17-19/h3-4,7-11,13,18H,5-6H2,1-2H3. The van der Waals surface area contributed by atoms with Crippen molar-refractivity contribution < 1.29 is 0 Å². The third kappa shape index (κ3) is 2.59. The minimum Gasteiger partial charge on any atom is -0.381 e. The molecule has 100 valence electrons. The third-order valence-electron chi connectivity index (χ3n) is 3.89. The van der Waals surface area contributed by atoms with Gasteiger partial charge in [-0.3, -0.25) is 0 Å². The summed E-state index contributed by atoms with van der Waals surface area (Å²) in [6.07, 6.45) is 7.55. The Labute approximate surface area is 113 Å². The van der Waals surface area contributed by atoms with Gasteiger partial charge in [0.2, 0.25) is 0 Å². The van der Waals surface area contributed by atoms with Crippen LogP contribution < -0.4 is 5.32 Å². The van der Waals surface area contributed by atoms with Gasteiger partial charge in [0, 0.05) is 6.04 Å². The van der Waals surface area contributed by atoms with Gasteiger partial charge < -0.3 is 5.32 Å². The van der Waals surface area contributed by atoms with E-state index < -0.39 is 0 Å². The summed E-state index contributed by atoms with van der Waals surface area (Å²) in [4.78, 5) is 8.30. The van der Waals surface area contributed by atoms with Crippen molar-refractivity contribution in [3.05, 3.63) is 31.0 Å². The summed E-state index contributed by atoms with van der Waals surface area (Å²) in [6, 6.07) is 4.61. The molecule has 0 radical (unpaired) electrons. The Kier molecular flexibility index (Phi) is 3.19. The highest BCUT2D eigenvalue weighted by molar-refractivity contribution is 5.44. The van der Waals surface area contributed by atoms with Crippen LogP contribution in [-0.4, -0.2) is 25.8 Å². The summed E-state index contributed by atoms with van der Waals surface area (Å²) >= 11 is 0. The second kappa shape index (κ2) is 4.99. The number of hydrogen-bond donors (Lipinski definition) is 1. The van der Waals surface area contributed by atoms with Crippen LogP contribution >= 0.6 is 0 Å². The lowest BCUT2D eigenvalue weighted by atomic mass is 9.73. The van der Waals surface area contributed by atoms with Gasteiger partial charge in [0.1, 0.15) is 12.7 Å². The molecule has 0 spiro atoms. The monoisotopic (exact) mass is 257 g/mol. The van der Waals surface area contributed by atoms with Gasteiger partial charge in [-0.15, -0.1) is 0 Å². The van der Waals surface area contributed by atoms with E-state index in [1.165, 1.54) is 19.2 Å². The maximum absolute atomic E-state index is 4.38. The van der Waals surface area contributed by atoms with Crippen molar-refractivity contribution in [2.24, 2.45) is 11.8 Å². The van der Waals surface area contributed by atoms with Gasteiger partial charge in [-0.25, -0.2) is 14.6 Å². The Morgan fingerprint density at radius 1 is 1.32 bits per heavy atom. The summed E-state index contributed by atoms with van der Waals surface area (Å²) in [7, 11) is 0. The van der Waals surface area contributed by atoms with Crippen LogP contribution in [0.3, 0.4) is 0 Å². The number of hydrogen-bond acceptors (Lipinski definition) is 4. The van der Waals surface area contributed by atoms with Gasteiger partial charge in [0.15, 0.2) is 5.82 Å². The normalized spacial score (nSPS) is 22.3. The molecule has 0 aromatic carbocycles. The highest BCUT2D eigenvalue weighted by Gasteiger charge is 2.30. The molecule has 1 fully saturated rings. The first kappa shape index (κ1) is 12.1. The molecular weight excluding hydrogens is 238 g/mol. The molecule has 3 rings (SSSR count). The van der Waals surface area contributed by atoms with Crippen LogP contribution in [0, 0.1) is 11.8 Å². The van der Waals surface area contributed by atoms with Crippen LogP contribution in [0.2, 0.25) is 0 Å². The van der Waals surface area contributed by atoms with Crippen molar-refractivity contribution in [1.29, 1.82) is 0 Å². The molecule has 1 aliphatic carbocycles. The second-order valence-electron chi connectivity index (χ2n) is 5.56. The highest BCUT2D eigenvalue weighted by atomic mass is 15.3. The Bertz CT molecular complexity index is 511. The van der Waals surface area contributed by atoms with Crippen LogP contribution in [0.4, 0.5) is 5.69 Å². The fourth-order valence-corrected chi connectivity index (χ4v) is 2.49. The Morgan fingerprint density at radius 3 is 2.74 bits per heavy atom. The largest absolute Gasteiger partial charge is 0.381 e. The number of aromatic nitrogens is 4. The Balaban J connectivity index is 1.59. The predicted octanol–water partition coefficient (Wildman–Crippen LogP) is 2.51. The van der Waals surface area contributed by atoms with Crippen molar-refractivity contribution in [1.82, 2.24) is 19.7 Å². The fourth-order valence-electron chi connectivity index (χ4n) is 2.49. The van der Waals surface area contributed by atoms with Gasteiger partial charge in [-0.05, 0) is 36.8 Å². The van der Waals surface area contributed by atoms with E-state index in [0.29, 0.717) is 6.04 Å². The number of anilines is 1. The number of pyridine rings is 1. The predicted molar refractivity (Wildman–Crippen MR) is 74.1 cm³/mol. The molecule has 2 heterocycles. The molecule has 0 aliphatic heterocycles. The Hall–Kier alpha value is -1.91. The first-order valence-corrected chi connectivity index (χ1v) is 6.80. The minimum atomic E-state index is 0.603. The first-order valence-electron chi connectivity index (χ1n) is 6.80. The van der Waals surface area contributed by atoms with Gasteiger partial charge in [-0.1, -0.05) is 13.8 Å². The lowest BCUT2D eigenvalue weighted by Crippen LogP contribution is -2.37. The molecule has 2 aromatic rings. The van der Waals surface area contributed by atoms with Gasteiger partial charge in [0.05, 0.1) is 11.9 Å². The van der Waals surface area contributed by atoms with Crippen molar-refractivity contribution in [3.63, 3.8) is 0 Å². The van der Waals surface area contributed by atoms with Crippen molar-refractivity contribution in [3.8, 4) is 5.82 Å². The molecule has 1 saturated carbocycles. The molecule has 0 atom stereocenters. The van der Waals surface area contributed by atoms with E-state index in [4.69, 9.17) is 0 Å². The van der Waals surface area contributed by atoms with Gasteiger partial charge >= 0.3 is 0 Å². The van der Waals surface area contributed by atoms with Gasteiger partial charge in [-0.2, -0.15) is 5.10 Å². The zero-order valence-electron chi connectivity index (χ0n) is 11.3. The third-order valence-corrected chi connectivity index (χ3v) is 3.89. The summed E-state index contributed by atoms with van der Waals surface area (Å²) in [5.41, 5.74) is 1.08. The van der Waals surface area contributed by atoms with E-state index in [0.717, 1.165) is 23.3 Å². The summed E-state index contributed by atoms with van der Waals surface area (Å²) < 4.78 is 1.65. The lowest BCUT2D eigenvalue weighted by molar-refractivity contribution is 0.212. The molecule has 1 N–H and O–H groups in total. The average molecular weight is 257 g/mol. The van der Waals surface area contributed by atoms with E-state index >= 15 is 0 Å². The summed E-state index contributed by atoms with van der Waals surface area (Å²) in [5.74, 6) is 2.46. The highest BCUT2D eigenvalue weighted by Crippen LogP contribution is 2.35. The minimum absolute atomic E-state index is 0.603. The molecule has 1 aliphatic rings. The molecule has 5 nitrogen and oxygen atoms in total. The van der Waals surface area contributed by atoms with Crippen LogP contribution in [-0.2, 0) is 0 Å². The topological polar surface area (TPSA) is 55.6 Å². The molecule has 19 heavy (non-hydrogen) atoms. The lowest BCUT2D eigenvalue weighted by Gasteiger charge is -2.39. The zero-order valence-corrected chi connectivity index (χ0v) is 11.3. The first-order chi connectivity index (χ1) is 9.22. The van der Waals surface area contributed by atoms with Gasteiger partial charge in [0.25, 0.3) is 0 Å². The van der Waals surface area contributed by atoms with Crippen molar-refractivity contribution in [2.45, 2.75) is 32.7 Å². The molecule has 2 aromatic heterocycles. The molecule has 5 heteroatoms. The maximum Gasteiger partial charge on any atom is 0.155 e. The van der Waals surface area contributed by atoms with Crippen LogP contribution in [0.5, 0.6) is 0 Å². The van der Waals surface area contributed by atoms with Crippen LogP contribution in [0.25, 0.3) is 5.82 Å². The summed E-state index contributed by atoms with van der Waals surface area (Å²) in [5, 5.41) is 7.58. The smallest absolute Gasteiger partial charge is 0.155 e. The molecular formula is C14H19N5. The number of nitrogens with one attached hydrogen (secondary N) is 1. The summed E-state index contributed by atoms with van der Waals surface area (Å²) in [6.45, 7) is 4.60. The Morgan fingerprint density at radius 2 is 2.16 bits per heavy atom. The zero-order chi connectivity index (χ0) is 13.2. The molecule has 0 amide bonds. The maximum atomic E-state index is 4.38. The van der Waals surface area contributed by atoms with Crippen molar-refractivity contribution >= 4 is 5.69 Å². The van der Waals surface area contributed by atoms with E-state index in [-0.39, 0.29) is 0 Å². The SMILES string of the molecule is CC(C)C1CC(Nc2ccc(-n3cncn3)nc2)C1. The molecule has 0 saturated heterocycles. The van der Waals surface area contributed by atoms with E-state index in [1.54, 1.807) is 11.0 Å². The molecule has 0 bridgehead atoms. The number of nitrogens with zero attached hydrogens (tertiary/aromatic N) is 4. The van der Waals surface area contributed by atoms with E-state index in [1.807, 2.05) is 18.3 Å². The second-order valence-corrected chi connectivity index (χ2v) is 5.56. The van der Waals surface area contributed by atoms with Crippen molar-refractivity contribution in [2.75, 3.05) is 5.32 Å². The quantitative estimate of drug-likeness (QED) is 0.914. The molecule has 0 unspecified atom stereocenters. The fraction of sp³-hybridized carbons (Fsp3) is 0.500. The van der Waals surface area contributed by atoms with Crippen LogP contribution in [0.15, 0.2) is 31.0 Å². The van der Waals surface area contributed by atoms with E-state index in [2.05, 4.69) is 34.2 Å². The number of rotatable bonds is 4. The van der Waals surface area contributed by atoms with E-state index in [9.17, 15) is 0 Å². The average Bonchev–Trinajstić information content (AvgIpc) is 2.87. The van der Waals surface area contributed by atoms with Crippen LogP contribution in [0.1, 0.15) is 26.7 Å².